The number of fused-ring (bicyclic) bond motifs is 1. The summed E-state index contributed by atoms with van der Waals surface area (Å²) in [6, 6.07) is 8.06. The average Bonchev–Trinajstić information content (AvgIpc) is 3.02. The first-order valence-electron chi connectivity index (χ1n) is 8.13. The van der Waals surface area contributed by atoms with Crippen molar-refractivity contribution < 1.29 is 15.0 Å². The van der Waals surface area contributed by atoms with Crippen LogP contribution in [0, 0.1) is 0 Å². The number of phenolic OH excluding ortho intramolecular Hbond substituents is 1. The highest BCUT2D eigenvalue weighted by molar-refractivity contribution is 7.22. The summed E-state index contributed by atoms with van der Waals surface area (Å²) >= 11 is 7.12. The number of aliphatic hydroxyl groups is 1. The number of carbonyl (C=O) groups excluding carboxylic acids is 1. The quantitative estimate of drug-likeness (QED) is 0.466. The number of anilines is 3. The van der Waals surface area contributed by atoms with Crippen molar-refractivity contribution in [2.45, 2.75) is 6.42 Å². The van der Waals surface area contributed by atoms with Crippen LogP contribution in [0.1, 0.15) is 6.42 Å². The Hall–Kier alpha value is -2.62. The van der Waals surface area contributed by atoms with Gasteiger partial charge in [0, 0.05) is 31.3 Å². The number of phenols is 1. The zero-order chi connectivity index (χ0) is 19.4. The van der Waals surface area contributed by atoms with E-state index >= 15 is 0 Å². The summed E-state index contributed by atoms with van der Waals surface area (Å²) in [6.45, 7) is 0.399. The molecule has 27 heavy (non-hydrogen) atoms. The van der Waals surface area contributed by atoms with E-state index in [0.29, 0.717) is 45.0 Å². The van der Waals surface area contributed by atoms with E-state index < -0.39 is 0 Å². The fraction of sp³-hybridized carbons (Fsp3) is 0.235. The van der Waals surface area contributed by atoms with Crippen LogP contribution in [0.2, 0.25) is 5.02 Å². The Morgan fingerprint density at radius 1 is 1.30 bits per heavy atom. The number of pyridine rings is 1. The predicted molar refractivity (Wildman–Crippen MR) is 107 cm³/mol. The van der Waals surface area contributed by atoms with Gasteiger partial charge in [-0.05, 0) is 30.7 Å². The normalized spacial score (nSPS) is 10.8. The van der Waals surface area contributed by atoms with Gasteiger partial charge >= 0.3 is 6.03 Å². The summed E-state index contributed by atoms with van der Waals surface area (Å²) < 4.78 is 0. The second-order valence-electron chi connectivity index (χ2n) is 5.66. The third-order valence-electron chi connectivity index (χ3n) is 3.72. The molecule has 0 fully saturated rings. The summed E-state index contributed by atoms with van der Waals surface area (Å²) in [5.74, 6) is 0.667. The highest BCUT2D eigenvalue weighted by Crippen LogP contribution is 2.34. The number of hydrogen-bond donors (Lipinski definition) is 4. The predicted octanol–water partition coefficient (Wildman–Crippen LogP) is 3.32. The van der Waals surface area contributed by atoms with Crippen LogP contribution in [-0.2, 0) is 0 Å². The first-order chi connectivity index (χ1) is 13.0. The van der Waals surface area contributed by atoms with Gasteiger partial charge in [-0.1, -0.05) is 22.9 Å². The maximum atomic E-state index is 11.8. The zero-order valence-electron chi connectivity index (χ0n) is 14.4. The Morgan fingerprint density at radius 3 is 2.85 bits per heavy atom. The number of rotatable bonds is 6. The third-order valence-corrected chi connectivity index (χ3v) is 4.84. The first kappa shape index (κ1) is 19.2. The molecule has 0 saturated heterocycles. The maximum absolute atomic E-state index is 11.8. The summed E-state index contributed by atoms with van der Waals surface area (Å²) in [5.41, 5.74) is 1.22. The lowest BCUT2D eigenvalue weighted by Crippen LogP contribution is -2.29. The number of hydrogen-bond acceptors (Lipinski definition) is 7. The molecule has 3 aromatic rings. The lowest BCUT2D eigenvalue weighted by molar-refractivity contribution is 0.249. The van der Waals surface area contributed by atoms with Gasteiger partial charge in [0.05, 0.1) is 5.69 Å². The Balaban J connectivity index is 1.78. The van der Waals surface area contributed by atoms with Crippen LogP contribution in [0.5, 0.6) is 5.75 Å². The van der Waals surface area contributed by atoms with Gasteiger partial charge in [-0.2, -0.15) is 0 Å². The number of aromatic nitrogens is 2. The number of thiazole rings is 1. The van der Waals surface area contributed by atoms with Crippen LogP contribution < -0.4 is 15.5 Å². The van der Waals surface area contributed by atoms with E-state index in [1.807, 2.05) is 0 Å². The van der Waals surface area contributed by atoms with Crippen LogP contribution in [0.3, 0.4) is 0 Å². The lowest BCUT2D eigenvalue weighted by Gasteiger charge is -2.19. The van der Waals surface area contributed by atoms with Gasteiger partial charge in [0.2, 0.25) is 0 Å². The molecule has 142 valence electrons. The van der Waals surface area contributed by atoms with Gasteiger partial charge in [0.25, 0.3) is 0 Å². The molecule has 0 radical (unpaired) electrons. The third kappa shape index (κ3) is 4.57. The standard InChI is InChI=1S/C17H18ClN5O3S/c1-23(12-5-3-10(18)9-13(12)25)14-6-4-11-15(21-14)27-17(20-11)22-16(26)19-7-2-8-24/h3-6,9,24-25H,2,7-8H2,1H3,(H2,19,20,22,26). The number of carbonyl (C=O) groups is 1. The molecule has 0 aliphatic heterocycles. The molecular formula is C17H18ClN5O3S. The van der Waals surface area contributed by atoms with E-state index in [2.05, 4.69) is 20.6 Å². The van der Waals surface area contributed by atoms with Gasteiger partial charge < -0.3 is 20.4 Å². The maximum Gasteiger partial charge on any atom is 0.321 e. The van der Waals surface area contributed by atoms with Crippen molar-refractivity contribution in [1.29, 1.82) is 0 Å². The van der Waals surface area contributed by atoms with Gasteiger partial charge in [-0.3, -0.25) is 5.32 Å². The van der Waals surface area contributed by atoms with Crippen molar-refractivity contribution in [2.75, 3.05) is 30.4 Å². The number of aliphatic hydroxyl groups excluding tert-OH is 1. The van der Waals surface area contributed by atoms with Gasteiger partial charge in [0.1, 0.15) is 21.9 Å². The van der Waals surface area contributed by atoms with E-state index in [-0.39, 0.29) is 18.4 Å². The molecule has 1 aromatic carbocycles. The molecular weight excluding hydrogens is 390 g/mol. The van der Waals surface area contributed by atoms with Crippen LogP contribution in [-0.4, -0.2) is 46.4 Å². The number of nitrogens with one attached hydrogen (secondary N) is 2. The van der Waals surface area contributed by atoms with Crippen LogP contribution in [0.25, 0.3) is 10.3 Å². The van der Waals surface area contributed by atoms with E-state index in [0.717, 1.165) is 0 Å². The molecule has 0 saturated carbocycles. The highest BCUT2D eigenvalue weighted by Gasteiger charge is 2.14. The fourth-order valence-corrected chi connectivity index (χ4v) is 3.37. The van der Waals surface area contributed by atoms with Crippen molar-refractivity contribution in [3.63, 3.8) is 0 Å². The van der Waals surface area contributed by atoms with E-state index in [9.17, 15) is 9.90 Å². The molecule has 0 aliphatic carbocycles. The van der Waals surface area contributed by atoms with Gasteiger partial charge in [-0.25, -0.2) is 14.8 Å². The minimum atomic E-state index is -0.383. The first-order valence-corrected chi connectivity index (χ1v) is 9.33. The lowest BCUT2D eigenvalue weighted by atomic mass is 10.2. The van der Waals surface area contributed by atoms with Crippen molar-refractivity contribution in [2.24, 2.45) is 0 Å². The summed E-state index contributed by atoms with van der Waals surface area (Å²) in [6.07, 6.45) is 0.488. The number of benzene rings is 1. The number of aromatic hydroxyl groups is 1. The minimum Gasteiger partial charge on any atom is -0.506 e. The van der Waals surface area contributed by atoms with Crippen molar-refractivity contribution in [1.82, 2.24) is 15.3 Å². The molecule has 2 aromatic heterocycles. The van der Waals surface area contributed by atoms with Gasteiger partial charge in [0.15, 0.2) is 5.13 Å². The van der Waals surface area contributed by atoms with Crippen LogP contribution in [0.15, 0.2) is 30.3 Å². The Bertz CT molecular complexity index is 965. The van der Waals surface area contributed by atoms with Crippen molar-refractivity contribution >= 4 is 56.0 Å². The van der Waals surface area contributed by atoms with Gasteiger partial charge in [-0.15, -0.1) is 0 Å². The largest absolute Gasteiger partial charge is 0.506 e. The second kappa shape index (κ2) is 8.38. The van der Waals surface area contributed by atoms with Crippen LogP contribution in [0.4, 0.5) is 21.4 Å². The highest BCUT2D eigenvalue weighted by atomic mass is 35.5. The molecule has 0 spiro atoms. The number of amides is 2. The minimum absolute atomic E-state index is 0.0187. The molecule has 2 amide bonds. The number of halogens is 1. The van der Waals surface area contributed by atoms with E-state index in [1.54, 1.807) is 36.2 Å². The molecule has 0 aliphatic rings. The Morgan fingerprint density at radius 2 is 2.11 bits per heavy atom. The van der Waals surface area contributed by atoms with Crippen LogP contribution >= 0.6 is 22.9 Å². The molecule has 0 unspecified atom stereocenters. The topological polar surface area (TPSA) is 111 Å². The summed E-state index contributed by atoms with van der Waals surface area (Å²) in [7, 11) is 1.78. The SMILES string of the molecule is CN(c1ccc2nc(NC(=O)NCCCO)sc2n1)c1ccc(Cl)cc1O. The fourth-order valence-electron chi connectivity index (χ4n) is 2.37. The molecule has 4 N–H and O–H groups in total. The summed E-state index contributed by atoms with van der Waals surface area (Å²) in [5, 5.41) is 25.0. The van der Waals surface area contributed by atoms with Crippen molar-refractivity contribution in [3.8, 4) is 5.75 Å². The molecule has 10 heteroatoms. The molecule has 8 nitrogen and oxygen atoms in total. The van der Waals surface area contributed by atoms with E-state index in [4.69, 9.17) is 16.7 Å². The smallest absolute Gasteiger partial charge is 0.321 e. The Kier molecular flexibility index (Phi) is 5.94. The summed E-state index contributed by atoms with van der Waals surface area (Å²) in [4.78, 5) is 23.1. The Labute approximate surface area is 164 Å². The molecule has 3 rings (SSSR count). The zero-order valence-corrected chi connectivity index (χ0v) is 16.0. The van der Waals surface area contributed by atoms with E-state index in [1.165, 1.54) is 17.4 Å². The van der Waals surface area contributed by atoms with Crippen molar-refractivity contribution in [3.05, 3.63) is 35.4 Å². The second-order valence-corrected chi connectivity index (χ2v) is 7.08. The number of urea groups is 1. The monoisotopic (exact) mass is 407 g/mol. The number of nitrogens with zero attached hydrogens (tertiary/aromatic N) is 3. The molecule has 0 bridgehead atoms. The average molecular weight is 408 g/mol. The molecule has 0 atom stereocenters. The molecule has 2 heterocycles.